The van der Waals surface area contributed by atoms with Crippen LogP contribution in [0.3, 0.4) is 0 Å². The number of hydrogen-bond acceptors (Lipinski definition) is 4. The fourth-order valence-electron chi connectivity index (χ4n) is 1.66. The molecule has 1 unspecified atom stereocenters. The maximum atomic E-state index is 12.1. The molecule has 0 aliphatic rings. The lowest BCUT2D eigenvalue weighted by atomic mass is 9.78. The quantitative estimate of drug-likeness (QED) is 0.735. The Morgan fingerprint density at radius 2 is 1.83 bits per heavy atom. The molecule has 0 amide bonds. The summed E-state index contributed by atoms with van der Waals surface area (Å²) in [5.41, 5.74) is 5.92. The van der Waals surface area contributed by atoms with Crippen LogP contribution in [0.2, 0.25) is 0 Å². The van der Waals surface area contributed by atoms with Crippen LogP contribution in [0.5, 0.6) is 5.75 Å². The lowest BCUT2D eigenvalue weighted by Gasteiger charge is -2.29. The van der Waals surface area contributed by atoms with Crippen molar-refractivity contribution in [3.05, 3.63) is 29.8 Å². The molecule has 100 valence electrons. The third kappa shape index (κ3) is 3.31. The van der Waals surface area contributed by atoms with Gasteiger partial charge < -0.3 is 15.9 Å². The van der Waals surface area contributed by atoms with Gasteiger partial charge in [0.15, 0.2) is 5.78 Å². The molecule has 0 aromatic heterocycles. The van der Waals surface area contributed by atoms with Crippen molar-refractivity contribution in [3.8, 4) is 5.75 Å². The van der Waals surface area contributed by atoms with E-state index >= 15 is 0 Å². The van der Waals surface area contributed by atoms with Crippen LogP contribution >= 0.6 is 0 Å². The van der Waals surface area contributed by atoms with Crippen LogP contribution in [0.1, 0.15) is 26.3 Å². The van der Waals surface area contributed by atoms with E-state index in [0.29, 0.717) is 6.42 Å². The smallest absolute Gasteiger partial charge is 0.157 e. The van der Waals surface area contributed by atoms with Crippen LogP contribution in [0.15, 0.2) is 24.3 Å². The van der Waals surface area contributed by atoms with Crippen molar-refractivity contribution in [3.63, 3.8) is 0 Å². The number of carbonyl (C=O) groups excluding carboxylic acids is 1. The summed E-state index contributed by atoms with van der Waals surface area (Å²) in [6.45, 7) is 4.97. The number of rotatable bonds is 5. The third-order valence-electron chi connectivity index (χ3n) is 3.41. The molecule has 0 heterocycles. The highest BCUT2D eigenvalue weighted by atomic mass is 16.3. The minimum absolute atomic E-state index is 0.162. The summed E-state index contributed by atoms with van der Waals surface area (Å²) in [5.74, 6) is 0.0218. The molecule has 18 heavy (non-hydrogen) atoms. The van der Waals surface area contributed by atoms with Gasteiger partial charge >= 0.3 is 0 Å². The molecule has 0 aliphatic heterocycles. The summed E-state index contributed by atoms with van der Waals surface area (Å²) >= 11 is 0. The monoisotopic (exact) mass is 251 g/mol. The Kier molecular flexibility index (Phi) is 4.48. The number of carbonyl (C=O) groups is 1. The van der Waals surface area contributed by atoms with E-state index in [9.17, 15) is 15.0 Å². The normalized spacial score (nSPS) is 15.2. The van der Waals surface area contributed by atoms with Gasteiger partial charge in [0.2, 0.25) is 0 Å². The molecule has 2 atom stereocenters. The van der Waals surface area contributed by atoms with Crippen LogP contribution in [0.25, 0.3) is 0 Å². The van der Waals surface area contributed by atoms with Crippen molar-refractivity contribution in [2.75, 3.05) is 0 Å². The van der Waals surface area contributed by atoms with Crippen molar-refractivity contribution in [1.82, 2.24) is 0 Å². The van der Waals surface area contributed by atoms with Gasteiger partial charge in [-0.05, 0) is 31.0 Å². The Hall–Kier alpha value is -1.39. The maximum absolute atomic E-state index is 12.1. The summed E-state index contributed by atoms with van der Waals surface area (Å²) in [4.78, 5) is 12.1. The molecule has 0 saturated heterocycles. The average Bonchev–Trinajstić information content (AvgIpc) is 2.30. The molecule has 0 saturated carbocycles. The van der Waals surface area contributed by atoms with Crippen LogP contribution in [0.4, 0.5) is 0 Å². The highest BCUT2D eigenvalue weighted by Gasteiger charge is 2.35. The number of Topliss-reactive ketones (excluding diaryl/α,β-unsaturated/α-hetero) is 1. The van der Waals surface area contributed by atoms with Crippen LogP contribution in [0, 0.1) is 5.41 Å². The third-order valence-corrected chi connectivity index (χ3v) is 3.41. The minimum atomic E-state index is -0.851. The Bertz CT molecular complexity index is 410. The standard InChI is InChI=1S/C14H21NO3/c1-9(16)14(2,3)13(18)12(15)8-10-4-6-11(17)7-5-10/h4-7,9,12,16-17H,8,15H2,1-3H3/t9?,12-/m0/s1. The Labute approximate surface area is 107 Å². The van der Waals surface area contributed by atoms with Gasteiger partial charge in [0.05, 0.1) is 17.6 Å². The Balaban J connectivity index is 2.74. The number of aliphatic hydroxyl groups excluding tert-OH is 1. The molecule has 0 aliphatic carbocycles. The van der Waals surface area contributed by atoms with Crippen LogP contribution in [-0.4, -0.2) is 28.1 Å². The van der Waals surface area contributed by atoms with Gasteiger partial charge in [0.25, 0.3) is 0 Å². The summed E-state index contributed by atoms with van der Waals surface area (Å²) in [5, 5.41) is 18.8. The van der Waals surface area contributed by atoms with Gasteiger partial charge in [-0.3, -0.25) is 4.79 Å². The molecule has 0 fully saturated rings. The SMILES string of the molecule is CC(O)C(C)(C)C(=O)[C@@H](N)Cc1ccc(O)cc1. The summed E-state index contributed by atoms with van der Waals surface area (Å²) in [6.07, 6.45) is -0.342. The van der Waals surface area contributed by atoms with Crippen molar-refractivity contribution in [1.29, 1.82) is 0 Å². The number of phenols is 1. The second-order valence-corrected chi connectivity index (χ2v) is 5.24. The zero-order chi connectivity index (χ0) is 13.9. The van der Waals surface area contributed by atoms with Crippen molar-refractivity contribution >= 4 is 5.78 Å². The molecule has 4 N–H and O–H groups in total. The topological polar surface area (TPSA) is 83.5 Å². The number of hydrogen-bond donors (Lipinski definition) is 3. The lowest BCUT2D eigenvalue weighted by Crippen LogP contribution is -2.46. The summed E-state index contributed by atoms with van der Waals surface area (Å²) in [7, 11) is 0. The number of aliphatic hydroxyl groups is 1. The first-order chi connectivity index (χ1) is 8.25. The largest absolute Gasteiger partial charge is 0.508 e. The van der Waals surface area contributed by atoms with E-state index < -0.39 is 17.6 Å². The Morgan fingerprint density at radius 1 is 1.33 bits per heavy atom. The number of phenolic OH excluding ortho intramolecular Hbond substituents is 1. The summed E-state index contributed by atoms with van der Waals surface area (Å²) in [6, 6.07) is 5.94. The van der Waals surface area contributed by atoms with Crippen molar-refractivity contribution in [2.45, 2.75) is 39.3 Å². The van der Waals surface area contributed by atoms with E-state index in [2.05, 4.69) is 0 Å². The van der Waals surface area contributed by atoms with Gasteiger partial charge in [-0.2, -0.15) is 0 Å². The first-order valence-corrected chi connectivity index (χ1v) is 6.01. The molecule has 4 heteroatoms. The van der Waals surface area contributed by atoms with Gasteiger partial charge in [-0.25, -0.2) is 0 Å². The van der Waals surface area contributed by atoms with Crippen LogP contribution < -0.4 is 5.73 Å². The van der Waals surface area contributed by atoms with Crippen molar-refractivity contribution < 1.29 is 15.0 Å². The molecule has 1 aromatic rings. The molecule has 4 nitrogen and oxygen atoms in total. The van der Waals surface area contributed by atoms with Gasteiger partial charge in [0.1, 0.15) is 5.75 Å². The fraction of sp³-hybridized carbons (Fsp3) is 0.500. The van der Waals surface area contributed by atoms with E-state index in [1.165, 1.54) is 0 Å². The molecular formula is C14H21NO3. The first-order valence-electron chi connectivity index (χ1n) is 6.01. The lowest BCUT2D eigenvalue weighted by molar-refractivity contribution is -0.133. The number of ketones is 1. The number of aromatic hydroxyl groups is 1. The van der Waals surface area contributed by atoms with E-state index in [-0.39, 0.29) is 11.5 Å². The zero-order valence-electron chi connectivity index (χ0n) is 11.1. The highest BCUT2D eigenvalue weighted by Crippen LogP contribution is 2.24. The highest BCUT2D eigenvalue weighted by molar-refractivity contribution is 5.89. The second kappa shape index (κ2) is 5.50. The van der Waals surface area contributed by atoms with Gasteiger partial charge in [0, 0.05) is 0 Å². The second-order valence-electron chi connectivity index (χ2n) is 5.24. The maximum Gasteiger partial charge on any atom is 0.157 e. The minimum Gasteiger partial charge on any atom is -0.508 e. The predicted molar refractivity (Wildman–Crippen MR) is 70.3 cm³/mol. The zero-order valence-corrected chi connectivity index (χ0v) is 11.1. The molecule has 1 aromatic carbocycles. The fourth-order valence-corrected chi connectivity index (χ4v) is 1.66. The molecule has 1 rings (SSSR count). The number of benzene rings is 1. The number of nitrogens with two attached hydrogens (primary N) is 1. The van der Waals surface area contributed by atoms with E-state index in [0.717, 1.165) is 5.56 Å². The average molecular weight is 251 g/mol. The first kappa shape index (κ1) is 14.7. The molecule has 0 bridgehead atoms. The molecule has 0 radical (unpaired) electrons. The van der Waals surface area contributed by atoms with Crippen molar-refractivity contribution in [2.24, 2.45) is 11.1 Å². The Morgan fingerprint density at radius 3 is 2.28 bits per heavy atom. The van der Waals surface area contributed by atoms with Gasteiger partial charge in [-0.1, -0.05) is 26.0 Å². The van der Waals surface area contributed by atoms with Gasteiger partial charge in [-0.15, -0.1) is 0 Å². The van der Waals surface area contributed by atoms with E-state index in [1.54, 1.807) is 45.0 Å². The summed E-state index contributed by atoms with van der Waals surface area (Å²) < 4.78 is 0. The van der Waals surface area contributed by atoms with E-state index in [4.69, 9.17) is 5.73 Å². The predicted octanol–water partition coefficient (Wildman–Crippen LogP) is 1.24. The molecule has 0 spiro atoms. The van der Waals surface area contributed by atoms with E-state index in [1.807, 2.05) is 0 Å². The molecular weight excluding hydrogens is 230 g/mol. The van der Waals surface area contributed by atoms with Crippen LogP contribution in [-0.2, 0) is 11.2 Å².